The third-order valence-electron chi connectivity index (χ3n) is 6.61. The molecule has 2 fully saturated rings. The van der Waals surface area contributed by atoms with Crippen LogP contribution in [0.1, 0.15) is 55.7 Å². The molecule has 0 spiro atoms. The number of halogens is 2. The summed E-state index contributed by atoms with van der Waals surface area (Å²) in [7, 11) is -3.06. The fraction of sp³-hybridized carbons (Fsp3) is 0.538. The first kappa shape index (κ1) is 27.4. The van der Waals surface area contributed by atoms with Gasteiger partial charge in [-0.1, -0.05) is 66.9 Å². The molecule has 34 heavy (non-hydrogen) atoms. The summed E-state index contributed by atoms with van der Waals surface area (Å²) in [6.07, 6.45) is 5.96. The number of hydrogen-bond donors (Lipinski definition) is 1. The Kier molecular flexibility index (Phi) is 10.7. The lowest BCUT2D eigenvalue weighted by atomic mass is 9.96. The molecule has 4 rings (SSSR count). The van der Waals surface area contributed by atoms with Crippen molar-refractivity contribution in [2.24, 2.45) is 0 Å². The lowest BCUT2D eigenvalue weighted by Gasteiger charge is -2.40. The number of sulfonamides is 1. The summed E-state index contributed by atoms with van der Waals surface area (Å²) < 4.78 is 26.6. The Hall–Kier alpha value is -1.15. The van der Waals surface area contributed by atoms with E-state index in [-0.39, 0.29) is 30.2 Å². The van der Waals surface area contributed by atoms with Crippen LogP contribution in [-0.2, 0) is 10.0 Å². The quantitative estimate of drug-likeness (QED) is 0.391. The van der Waals surface area contributed by atoms with E-state index in [1.807, 2.05) is 12.1 Å². The number of piperazine rings is 1. The average molecular weight is 527 g/mol. The molecule has 2 aromatic carbocycles. The molecule has 5 nitrogen and oxygen atoms in total. The van der Waals surface area contributed by atoms with Gasteiger partial charge in [0.2, 0.25) is 10.0 Å². The Balaban J connectivity index is 0.00000324. The molecule has 1 unspecified atom stereocenters. The second-order valence-corrected chi connectivity index (χ2v) is 11.7. The van der Waals surface area contributed by atoms with Crippen molar-refractivity contribution < 1.29 is 8.42 Å². The van der Waals surface area contributed by atoms with E-state index in [4.69, 9.17) is 11.6 Å². The zero-order valence-electron chi connectivity index (χ0n) is 19.7. The molecular weight excluding hydrogens is 489 g/mol. The summed E-state index contributed by atoms with van der Waals surface area (Å²) >= 11 is 6.32. The zero-order chi connectivity index (χ0) is 23.1. The highest BCUT2D eigenvalue weighted by Gasteiger charge is 2.27. The van der Waals surface area contributed by atoms with E-state index in [2.05, 4.69) is 57.0 Å². The van der Waals surface area contributed by atoms with Crippen molar-refractivity contribution in [1.29, 1.82) is 0 Å². The topological polar surface area (TPSA) is 52.7 Å². The Bertz CT molecular complexity index is 979. The summed E-state index contributed by atoms with van der Waals surface area (Å²) in [6, 6.07) is 19.4. The van der Waals surface area contributed by atoms with Gasteiger partial charge >= 0.3 is 0 Å². The van der Waals surface area contributed by atoms with E-state index in [1.165, 1.54) is 11.1 Å². The van der Waals surface area contributed by atoms with Gasteiger partial charge < -0.3 is 4.90 Å². The van der Waals surface area contributed by atoms with Crippen molar-refractivity contribution in [3.8, 4) is 0 Å². The van der Waals surface area contributed by atoms with Crippen LogP contribution in [0.4, 0.5) is 0 Å². The summed E-state index contributed by atoms with van der Waals surface area (Å²) in [5.74, 6) is 0.270. The first-order valence-electron chi connectivity index (χ1n) is 12.3. The van der Waals surface area contributed by atoms with Crippen molar-refractivity contribution in [2.45, 2.75) is 50.6 Å². The lowest BCUT2D eigenvalue weighted by molar-refractivity contribution is 0.108. The highest BCUT2D eigenvalue weighted by molar-refractivity contribution is 7.89. The Morgan fingerprint density at radius 1 is 0.882 bits per heavy atom. The highest BCUT2D eigenvalue weighted by atomic mass is 35.5. The molecule has 1 aliphatic carbocycles. The number of nitrogens with one attached hydrogen (secondary N) is 1. The summed E-state index contributed by atoms with van der Waals surface area (Å²) in [5.41, 5.74) is 2.55. The molecule has 0 bridgehead atoms. The van der Waals surface area contributed by atoms with Gasteiger partial charge in [-0.2, -0.15) is 0 Å². The number of benzene rings is 2. The third-order valence-corrected chi connectivity index (χ3v) is 8.37. The van der Waals surface area contributed by atoms with Crippen LogP contribution in [0.5, 0.6) is 0 Å². The number of hydrogen-bond acceptors (Lipinski definition) is 4. The van der Waals surface area contributed by atoms with E-state index in [0.717, 1.165) is 76.3 Å². The van der Waals surface area contributed by atoms with E-state index < -0.39 is 10.0 Å². The predicted octanol–water partition coefficient (Wildman–Crippen LogP) is 5.11. The molecule has 1 heterocycles. The molecule has 0 amide bonds. The molecule has 0 aromatic heterocycles. The monoisotopic (exact) mass is 525 g/mol. The maximum atomic E-state index is 11.9. The number of nitrogens with zero attached hydrogens (tertiary/aromatic N) is 2. The molecule has 1 saturated carbocycles. The van der Waals surface area contributed by atoms with E-state index in [9.17, 15) is 8.42 Å². The van der Waals surface area contributed by atoms with Crippen LogP contribution in [0, 0.1) is 0 Å². The molecule has 188 valence electrons. The van der Waals surface area contributed by atoms with E-state index in [0.29, 0.717) is 0 Å². The minimum atomic E-state index is -3.06. The van der Waals surface area contributed by atoms with E-state index in [1.54, 1.807) is 0 Å². The van der Waals surface area contributed by atoms with Gasteiger partial charge in [0.05, 0.1) is 11.8 Å². The number of rotatable bonds is 12. The normalized spacial score (nSPS) is 18.4. The molecule has 2 aromatic rings. The second kappa shape index (κ2) is 13.2. The van der Waals surface area contributed by atoms with Gasteiger partial charge in [-0.25, -0.2) is 13.1 Å². The first-order valence-corrected chi connectivity index (χ1v) is 14.3. The van der Waals surface area contributed by atoms with Gasteiger partial charge in [0, 0.05) is 37.2 Å². The second-order valence-electron chi connectivity index (χ2n) is 9.37. The molecule has 1 N–H and O–H groups in total. The van der Waals surface area contributed by atoms with Gasteiger partial charge in [0.1, 0.15) is 0 Å². The highest BCUT2D eigenvalue weighted by Crippen LogP contribution is 2.31. The summed E-state index contributed by atoms with van der Waals surface area (Å²) in [6.45, 7) is 5.26. The molecule has 1 aliphatic heterocycles. The maximum Gasteiger partial charge on any atom is 0.211 e. The van der Waals surface area contributed by atoms with Crippen LogP contribution in [0.3, 0.4) is 0 Å². The fourth-order valence-electron chi connectivity index (χ4n) is 4.67. The van der Waals surface area contributed by atoms with Crippen LogP contribution >= 0.6 is 24.0 Å². The zero-order valence-corrected chi connectivity index (χ0v) is 22.1. The van der Waals surface area contributed by atoms with Crippen molar-refractivity contribution >= 4 is 34.0 Å². The minimum absolute atomic E-state index is 0. The van der Waals surface area contributed by atoms with Crippen LogP contribution in [0.15, 0.2) is 54.6 Å². The largest absolute Gasteiger partial charge is 0.301 e. The lowest BCUT2D eigenvalue weighted by Crippen LogP contribution is -2.48. The molecule has 1 atom stereocenters. The summed E-state index contributed by atoms with van der Waals surface area (Å²) in [4.78, 5) is 5.11. The molecule has 2 aliphatic rings. The van der Waals surface area contributed by atoms with Crippen molar-refractivity contribution in [3.05, 3.63) is 70.7 Å². The van der Waals surface area contributed by atoms with Crippen LogP contribution in [0.2, 0.25) is 5.02 Å². The SMILES string of the molecule is Cl.O=S(=O)(CCCCCCN1CCN(C(c2ccccc2)c2cccc(Cl)c2)CC1)NC1CC1. The first-order chi connectivity index (χ1) is 16.0. The Morgan fingerprint density at radius 2 is 1.56 bits per heavy atom. The van der Waals surface area contributed by atoms with Crippen molar-refractivity contribution in [3.63, 3.8) is 0 Å². The molecule has 0 radical (unpaired) electrons. The Labute approximate surface area is 216 Å². The smallest absolute Gasteiger partial charge is 0.211 e. The number of unbranched alkanes of at least 4 members (excludes halogenated alkanes) is 3. The average Bonchev–Trinajstić information content (AvgIpc) is 3.61. The van der Waals surface area contributed by atoms with Crippen molar-refractivity contribution in [1.82, 2.24) is 14.5 Å². The molecule has 8 heteroatoms. The standard InChI is InChI=1S/C26H36ClN3O2S.ClH/c27-24-12-8-11-23(21-24)26(22-9-4-3-5-10-22)30-18-16-29(17-19-30)15-6-1-2-7-20-33(31,32)28-25-13-14-25;/h3-5,8-12,21,25-26,28H,1-2,6-7,13-20H2;1H. The Morgan fingerprint density at radius 3 is 2.24 bits per heavy atom. The summed E-state index contributed by atoms with van der Waals surface area (Å²) in [5, 5.41) is 0.781. The van der Waals surface area contributed by atoms with Crippen molar-refractivity contribution in [2.75, 3.05) is 38.5 Å². The maximum absolute atomic E-state index is 11.9. The predicted molar refractivity (Wildman–Crippen MR) is 143 cm³/mol. The fourth-order valence-corrected chi connectivity index (χ4v) is 6.31. The van der Waals surface area contributed by atoms with Crippen LogP contribution in [0.25, 0.3) is 0 Å². The minimum Gasteiger partial charge on any atom is -0.301 e. The van der Waals surface area contributed by atoms with Crippen LogP contribution < -0.4 is 4.72 Å². The molecular formula is C26H37Cl2N3O2S. The van der Waals surface area contributed by atoms with Gasteiger partial charge in [-0.15, -0.1) is 12.4 Å². The van der Waals surface area contributed by atoms with Gasteiger partial charge in [0.15, 0.2) is 0 Å². The third kappa shape index (κ3) is 8.51. The van der Waals surface area contributed by atoms with Gasteiger partial charge in [-0.3, -0.25) is 4.90 Å². The van der Waals surface area contributed by atoms with Gasteiger partial charge in [-0.05, 0) is 55.5 Å². The van der Waals surface area contributed by atoms with Crippen LogP contribution in [-0.4, -0.2) is 62.7 Å². The van der Waals surface area contributed by atoms with Gasteiger partial charge in [0.25, 0.3) is 0 Å². The molecule has 1 saturated heterocycles. The van der Waals surface area contributed by atoms with E-state index >= 15 is 0 Å².